The summed E-state index contributed by atoms with van der Waals surface area (Å²) in [6, 6.07) is 9.68. The third-order valence-corrected chi connectivity index (χ3v) is 1.74. The van der Waals surface area contributed by atoms with Crippen LogP contribution in [0.4, 0.5) is 0 Å². The molecule has 0 aliphatic carbocycles. The molecule has 72 valence electrons. The predicted octanol–water partition coefficient (Wildman–Crippen LogP) is 1.34. The molecule has 14 heavy (non-hydrogen) atoms. The zero-order chi connectivity index (χ0) is 9.64. The van der Waals surface area contributed by atoms with Crippen LogP contribution >= 0.6 is 0 Å². The first-order chi connectivity index (χ1) is 6.95. The van der Waals surface area contributed by atoms with Crippen molar-refractivity contribution in [2.75, 3.05) is 6.73 Å². The lowest BCUT2D eigenvalue weighted by Gasteiger charge is -2.21. The summed E-state index contributed by atoms with van der Waals surface area (Å²) in [7, 11) is 0. The molecule has 1 aliphatic heterocycles. The summed E-state index contributed by atoms with van der Waals surface area (Å²) in [5, 5.41) is 1.79. The van der Waals surface area contributed by atoms with E-state index < -0.39 is 0 Å². The summed E-state index contributed by atoms with van der Waals surface area (Å²) in [6.45, 7) is 0.451. The highest BCUT2D eigenvalue weighted by molar-refractivity contribution is 5.55. The van der Waals surface area contributed by atoms with Gasteiger partial charge in [0.15, 0.2) is 6.73 Å². The molecule has 0 radical (unpaired) electrons. The van der Waals surface area contributed by atoms with Crippen molar-refractivity contribution in [3.8, 4) is 5.75 Å². The van der Waals surface area contributed by atoms with Crippen LogP contribution in [-0.4, -0.2) is 18.1 Å². The van der Waals surface area contributed by atoms with Gasteiger partial charge in [-0.1, -0.05) is 18.2 Å². The second-order valence-corrected chi connectivity index (χ2v) is 2.76. The van der Waals surface area contributed by atoms with Gasteiger partial charge < -0.3 is 4.74 Å². The second-order valence-electron chi connectivity index (χ2n) is 2.76. The second kappa shape index (κ2) is 4.32. The van der Waals surface area contributed by atoms with E-state index in [0.717, 1.165) is 5.75 Å². The van der Waals surface area contributed by atoms with Gasteiger partial charge in [-0.2, -0.15) is 0 Å². The Morgan fingerprint density at radius 1 is 1.29 bits per heavy atom. The molecule has 0 bridgehead atoms. The zero-order valence-electron chi connectivity index (χ0n) is 7.63. The Morgan fingerprint density at radius 2 is 2.14 bits per heavy atom. The molecule has 0 saturated heterocycles. The Hall–Kier alpha value is -1.97. The topological polar surface area (TPSA) is 36.9 Å². The summed E-state index contributed by atoms with van der Waals surface area (Å²) in [5.41, 5.74) is 2.92. The van der Waals surface area contributed by atoms with Crippen molar-refractivity contribution in [2.24, 2.45) is 4.99 Å². The van der Waals surface area contributed by atoms with E-state index in [0.29, 0.717) is 6.73 Å². The molecule has 0 unspecified atom stereocenters. The van der Waals surface area contributed by atoms with Crippen LogP contribution in [0.3, 0.4) is 0 Å². The number of nitrogens with zero attached hydrogens (tertiary/aromatic N) is 2. The van der Waals surface area contributed by atoms with Gasteiger partial charge in [-0.05, 0) is 12.1 Å². The maximum absolute atomic E-state index is 5.50. The number of rotatable bonds is 3. The smallest absolute Gasteiger partial charge is 0.178 e. The van der Waals surface area contributed by atoms with Crippen molar-refractivity contribution in [1.82, 2.24) is 10.4 Å². The van der Waals surface area contributed by atoms with Crippen LogP contribution < -0.4 is 10.2 Å². The summed E-state index contributed by atoms with van der Waals surface area (Å²) >= 11 is 0. The van der Waals surface area contributed by atoms with Gasteiger partial charge in [0.05, 0.1) is 0 Å². The fourth-order valence-corrected chi connectivity index (χ4v) is 1.05. The van der Waals surface area contributed by atoms with E-state index in [1.807, 2.05) is 36.5 Å². The molecule has 4 heteroatoms. The zero-order valence-corrected chi connectivity index (χ0v) is 7.63. The quantitative estimate of drug-likeness (QED) is 0.779. The highest BCUT2D eigenvalue weighted by Crippen LogP contribution is 2.08. The molecule has 2 rings (SSSR count). The van der Waals surface area contributed by atoms with Crippen molar-refractivity contribution in [1.29, 1.82) is 0 Å². The fraction of sp³-hybridized carbons (Fsp3) is 0.100. The normalized spacial score (nSPS) is 13.9. The number of benzene rings is 1. The standard InChI is InChI=1S/C10H11N3O/c1-2-4-10(5-3-1)14-9-13-7-6-11-8-12-13/h1-8H,9H2,(H,11,12). The molecule has 1 heterocycles. The minimum absolute atomic E-state index is 0.451. The molecule has 0 spiro atoms. The van der Waals surface area contributed by atoms with Crippen molar-refractivity contribution in [3.05, 3.63) is 42.7 Å². The van der Waals surface area contributed by atoms with Crippen molar-refractivity contribution < 1.29 is 4.74 Å². The number of hydrogen-bond acceptors (Lipinski definition) is 4. The molecule has 0 amide bonds. The van der Waals surface area contributed by atoms with E-state index in [9.17, 15) is 0 Å². The van der Waals surface area contributed by atoms with Crippen LogP contribution in [0.5, 0.6) is 5.75 Å². The molecule has 1 aromatic carbocycles. The average molecular weight is 189 g/mol. The number of aliphatic imine (C=N–C) groups is 1. The first kappa shape index (κ1) is 8.62. The van der Waals surface area contributed by atoms with E-state index >= 15 is 0 Å². The van der Waals surface area contributed by atoms with Crippen LogP contribution in [0, 0.1) is 0 Å². The van der Waals surface area contributed by atoms with Crippen molar-refractivity contribution >= 4 is 6.34 Å². The third kappa shape index (κ3) is 2.26. The number of hydrazine groups is 1. The molecule has 0 atom stereocenters. The van der Waals surface area contributed by atoms with Crippen LogP contribution in [-0.2, 0) is 0 Å². The Morgan fingerprint density at radius 3 is 2.86 bits per heavy atom. The lowest BCUT2D eigenvalue weighted by Crippen LogP contribution is -2.36. The van der Waals surface area contributed by atoms with Gasteiger partial charge >= 0.3 is 0 Å². The van der Waals surface area contributed by atoms with Gasteiger partial charge in [-0.15, -0.1) is 0 Å². The minimum atomic E-state index is 0.451. The van der Waals surface area contributed by atoms with Gasteiger partial charge in [-0.3, -0.25) is 10.4 Å². The van der Waals surface area contributed by atoms with E-state index in [2.05, 4.69) is 10.4 Å². The monoisotopic (exact) mass is 189 g/mol. The number of ether oxygens (including phenoxy) is 1. The summed E-state index contributed by atoms with van der Waals surface area (Å²) in [6.07, 6.45) is 5.11. The third-order valence-electron chi connectivity index (χ3n) is 1.74. The highest BCUT2D eigenvalue weighted by Gasteiger charge is 1.99. The SMILES string of the molecule is C1=CN(COc2ccccc2)NC=N1. The first-order valence-electron chi connectivity index (χ1n) is 4.34. The van der Waals surface area contributed by atoms with Gasteiger partial charge in [0.2, 0.25) is 0 Å². The van der Waals surface area contributed by atoms with E-state index in [-0.39, 0.29) is 0 Å². The van der Waals surface area contributed by atoms with Gasteiger partial charge in [0.1, 0.15) is 12.1 Å². The van der Waals surface area contributed by atoms with Gasteiger partial charge in [0.25, 0.3) is 0 Å². The Balaban J connectivity index is 1.83. The summed E-state index contributed by atoms with van der Waals surface area (Å²) < 4.78 is 5.50. The van der Waals surface area contributed by atoms with Crippen molar-refractivity contribution in [2.45, 2.75) is 0 Å². The highest BCUT2D eigenvalue weighted by atomic mass is 16.5. The molecular formula is C10H11N3O. The first-order valence-corrected chi connectivity index (χ1v) is 4.34. The molecule has 0 fully saturated rings. The molecule has 0 aromatic heterocycles. The lowest BCUT2D eigenvalue weighted by molar-refractivity contribution is 0.150. The van der Waals surface area contributed by atoms with Crippen LogP contribution in [0.15, 0.2) is 47.7 Å². The number of para-hydroxylation sites is 1. The van der Waals surface area contributed by atoms with E-state index in [1.165, 1.54) is 0 Å². The fourth-order valence-electron chi connectivity index (χ4n) is 1.05. The maximum atomic E-state index is 5.50. The maximum Gasteiger partial charge on any atom is 0.178 e. The van der Waals surface area contributed by atoms with Crippen LogP contribution in [0.2, 0.25) is 0 Å². The Labute approximate surface area is 82.5 Å². The van der Waals surface area contributed by atoms with Crippen LogP contribution in [0.25, 0.3) is 0 Å². The van der Waals surface area contributed by atoms with Crippen LogP contribution in [0.1, 0.15) is 0 Å². The molecule has 1 N–H and O–H groups in total. The minimum Gasteiger partial charge on any atom is -0.471 e. The number of hydrogen-bond donors (Lipinski definition) is 1. The Kier molecular flexibility index (Phi) is 2.66. The summed E-state index contributed by atoms with van der Waals surface area (Å²) in [4.78, 5) is 3.87. The number of nitrogens with one attached hydrogen (secondary N) is 1. The predicted molar refractivity (Wildman–Crippen MR) is 54.5 cm³/mol. The van der Waals surface area contributed by atoms with E-state index in [4.69, 9.17) is 4.74 Å². The molecule has 1 aromatic rings. The molecule has 0 saturated carbocycles. The molecular weight excluding hydrogens is 178 g/mol. The average Bonchev–Trinajstić information content (AvgIpc) is 2.29. The molecule has 4 nitrogen and oxygen atoms in total. The van der Waals surface area contributed by atoms with Gasteiger partial charge in [-0.25, -0.2) is 4.99 Å². The Bertz CT molecular complexity index is 334. The van der Waals surface area contributed by atoms with E-state index in [1.54, 1.807) is 17.5 Å². The lowest BCUT2D eigenvalue weighted by atomic mass is 10.3. The summed E-state index contributed by atoms with van der Waals surface area (Å²) in [5.74, 6) is 0.852. The largest absolute Gasteiger partial charge is 0.471 e. The van der Waals surface area contributed by atoms with Crippen molar-refractivity contribution in [3.63, 3.8) is 0 Å². The van der Waals surface area contributed by atoms with Gasteiger partial charge in [0, 0.05) is 12.4 Å². The molecule has 1 aliphatic rings.